The van der Waals surface area contributed by atoms with Crippen LogP contribution < -0.4 is 5.32 Å². The first kappa shape index (κ1) is 11.5. The molecule has 16 heavy (non-hydrogen) atoms. The number of nitrogens with one attached hydrogen (secondary N) is 1. The van der Waals surface area contributed by atoms with Crippen LogP contribution in [-0.4, -0.2) is 15.2 Å². The largest absolute Gasteiger partial charge is 0.353 e. The van der Waals surface area contributed by atoms with Crippen LogP contribution in [0.4, 0.5) is 5.13 Å². The fraction of sp³-hybridized carbons (Fsp3) is 0.500. The van der Waals surface area contributed by atoms with Gasteiger partial charge in [0.1, 0.15) is 5.01 Å². The second kappa shape index (κ2) is 4.47. The molecule has 0 aromatic carbocycles. The molecule has 0 bridgehead atoms. The molecule has 4 nitrogen and oxygen atoms in total. The maximum Gasteiger partial charge on any atom is 0.206 e. The van der Waals surface area contributed by atoms with Gasteiger partial charge in [-0.1, -0.05) is 11.3 Å². The van der Waals surface area contributed by atoms with E-state index in [4.69, 9.17) is 0 Å². The number of aryl methyl sites for hydroxylation is 3. The normalized spacial score (nSPS) is 12.8. The smallest absolute Gasteiger partial charge is 0.206 e. The van der Waals surface area contributed by atoms with Gasteiger partial charge in [-0.3, -0.25) is 0 Å². The van der Waals surface area contributed by atoms with Gasteiger partial charge in [0, 0.05) is 4.88 Å². The van der Waals surface area contributed by atoms with Crippen molar-refractivity contribution in [2.24, 2.45) is 0 Å². The van der Waals surface area contributed by atoms with Gasteiger partial charge >= 0.3 is 0 Å². The number of hydrogen-bond donors (Lipinski definition) is 1. The summed E-state index contributed by atoms with van der Waals surface area (Å²) in [6.45, 7) is 8.15. The van der Waals surface area contributed by atoms with Crippen LogP contribution in [0, 0.1) is 20.8 Å². The standard InChI is InChI=1S/C10H14N4S2/c1-5-9(15-7(3)11-5)6(2)12-10-14-13-8(4)16-10/h6H,1-4H3,(H,12,14). The van der Waals surface area contributed by atoms with Crippen molar-refractivity contribution in [3.63, 3.8) is 0 Å². The highest BCUT2D eigenvalue weighted by atomic mass is 32.1. The third kappa shape index (κ3) is 2.38. The van der Waals surface area contributed by atoms with E-state index in [0.29, 0.717) is 0 Å². The van der Waals surface area contributed by atoms with Crippen LogP contribution in [0.3, 0.4) is 0 Å². The average molecular weight is 254 g/mol. The number of nitrogens with zero attached hydrogens (tertiary/aromatic N) is 3. The van der Waals surface area contributed by atoms with Crippen molar-refractivity contribution in [2.45, 2.75) is 33.7 Å². The summed E-state index contributed by atoms with van der Waals surface area (Å²) in [5, 5.41) is 14.3. The van der Waals surface area contributed by atoms with Gasteiger partial charge in [-0.05, 0) is 27.7 Å². The predicted molar refractivity (Wildman–Crippen MR) is 68.3 cm³/mol. The quantitative estimate of drug-likeness (QED) is 0.914. The monoisotopic (exact) mass is 254 g/mol. The summed E-state index contributed by atoms with van der Waals surface area (Å²) in [7, 11) is 0. The van der Waals surface area contributed by atoms with E-state index in [1.54, 1.807) is 22.7 Å². The molecule has 0 radical (unpaired) electrons. The third-order valence-corrected chi connectivity index (χ3v) is 4.22. The van der Waals surface area contributed by atoms with Crippen LogP contribution in [0.5, 0.6) is 0 Å². The molecule has 0 saturated heterocycles. The lowest BCUT2D eigenvalue weighted by Crippen LogP contribution is -2.05. The molecule has 2 aromatic heterocycles. The number of aromatic nitrogens is 3. The molecule has 2 heterocycles. The summed E-state index contributed by atoms with van der Waals surface area (Å²) in [5.74, 6) is 0. The van der Waals surface area contributed by atoms with Gasteiger partial charge in [-0.2, -0.15) is 0 Å². The van der Waals surface area contributed by atoms with Gasteiger partial charge in [0.2, 0.25) is 5.13 Å². The molecule has 0 aliphatic heterocycles. The van der Waals surface area contributed by atoms with Gasteiger partial charge in [-0.25, -0.2) is 4.98 Å². The van der Waals surface area contributed by atoms with E-state index in [0.717, 1.165) is 20.8 Å². The fourth-order valence-electron chi connectivity index (χ4n) is 1.55. The Hall–Kier alpha value is -1.01. The second-order valence-electron chi connectivity index (χ2n) is 3.67. The summed E-state index contributed by atoms with van der Waals surface area (Å²) >= 11 is 3.31. The Morgan fingerprint density at radius 1 is 1.06 bits per heavy atom. The van der Waals surface area contributed by atoms with Crippen LogP contribution in [0.2, 0.25) is 0 Å². The first-order chi connectivity index (χ1) is 7.56. The van der Waals surface area contributed by atoms with Crippen molar-refractivity contribution in [3.8, 4) is 0 Å². The Morgan fingerprint density at radius 3 is 2.31 bits per heavy atom. The zero-order valence-corrected chi connectivity index (χ0v) is 11.4. The van der Waals surface area contributed by atoms with Crippen LogP contribution in [0.25, 0.3) is 0 Å². The molecule has 2 rings (SSSR count). The van der Waals surface area contributed by atoms with E-state index in [1.807, 2.05) is 20.8 Å². The minimum atomic E-state index is 0.235. The molecular formula is C10H14N4S2. The summed E-state index contributed by atoms with van der Waals surface area (Å²) in [6.07, 6.45) is 0. The van der Waals surface area contributed by atoms with Gasteiger partial charge < -0.3 is 5.32 Å². The van der Waals surface area contributed by atoms with Crippen molar-refractivity contribution in [1.82, 2.24) is 15.2 Å². The summed E-state index contributed by atoms with van der Waals surface area (Å²) in [5.41, 5.74) is 1.10. The van der Waals surface area contributed by atoms with Crippen LogP contribution >= 0.6 is 22.7 Å². The van der Waals surface area contributed by atoms with Crippen molar-refractivity contribution in [2.75, 3.05) is 5.32 Å². The maximum absolute atomic E-state index is 4.42. The Labute approximate surface area is 103 Å². The van der Waals surface area contributed by atoms with Crippen molar-refractivity contribution in [3.05, 3.63) is 20.6 Å². The highest BCUT2D eigenvalue weighted by Gasteiger charge is 2.14. The predicted octanol–water partition coefficient (Wildman–Crippen LogP) is 3.09. The van der Waals surface area contributed by atoms with Gasteiger partial charge in [0.15, 0.2) is 0 Å². The van der Waals surface area contributed by atoms with E-state index < -0.39 is 0 Å². The summed E-state index contributed by atoms with van der Waals surface area (Å²) in [4.78, 5) is 5.69. The molecule has 1 unspecified atom stereocenters. The molecule has 0 saturated carbocycles. The molecule has 1 atom stereocenters. The molecule has 6 heteroatoms. The first-order valence-electron chi connectivity index (χ1n) is 5.07. The summed E-state index contributed by atoms with van der Waals surface area (Å²) < 4.78 is 0. The van der Waals surface area contributed by atoms with Crippen LogP contribution in [-0.2, 0) is 0 Å². The van der Waals surface area contributed by atoms with Gasteiger partial charge in [0.25, 0.3) is 0 Å². The van der Waals surface area contributed by atoms with Crippen molar-refractivity contribution >= 4 is 27.8 Å². The molecule has 0 fully saturated rings. The molecule has 0 aliphatic carbocycles. The summed E-state index contributed by atoms with van der Waals surface area (Å²) in [6, 6.07) is 0.235. The first-order valence-corrected chi connectivity index (χ1v) is 6.70. The lowest BCUT2D eigenvalue weighted by Gasteiger charge is -2.10. The van der Waals surface area contributed by atoms with E-state index >= 15 is 0 Å². The highest BCUT2D eigenvalue weighted by Crippen LogP contribution is 2.28. The maximum atomic E-state index is 4.42. The molecular weight excluding hydrogens is 240 g/mol. The Balaban J connectivity index is 2.14. The Bertz CT molecular complexity index is 489. The fourth-order valence-corrected chi connectivity index (χ4v) is 3.16. The minimum Gasteiger partial charge on any atom is -0.353 e. The number of anilines is 1. The highest BCUT2D eigenvalue weighted by molar-refractivity contribution is 7.15. The lowest BCUT2D eigenvalue weighted by atomic mass is 10.2. The number of thiazole rings is 1. The molecule has 0 spiro atoms. The molecule has 1 N–H and O–H groups in total. The lowest BCUT2D eigenvalue weighted by molar-refractivity contribution is 0.877. The van der Waals surface area contributed by atoms with Crippen molar-refractivity contribution in [1.29, 1.82) is 0 Å². The van der Waals surface area contributed by atoms with Gasteiger partial charge in [-0.15, -0.1) is 21.5 Å². The van der Waals surface area contributed by atoms with Crippen molar-refractivity contribution < 1.29 is 0 Å². The number of rotatable bonds is 3. The third-order valence-electron chi connectivity index (χ3n) is 2.20. The average Bonchev–Trinajstić information content (AvgIpc) is 2.73. The molecule has 86 valence electrons. The van der Waals surface area contributed by atoms with E-state index in [2.05, 4.69) is 27.4 Å². The number of hydrogen-bond acceptors (Lipinski definition) is 6. The van der Waals surface area contributed by atoms with E-state index in [-0.39, 0.29) is 6.04 Å². The van der Waals surface area contributed by atoms with E-state index in [1.165, 1.54) is 4.88 Å². The van der Waals surface area contributed by atoms with Crippen LogP contribution in [0.1, 0.15) is 33.6 Å². The van der Waals surface area contributed by atoms with Gasteiger partial charge in [0.05, 0.1) is 16.7 Å². The topological polar surface area (TPSA) is 50.7 Å². The van der Waals surface area contributed by atoms with E-state index in [9.17, 15) is 0 Å². The Kier molecular flexibility index (Phi) is 3.20. The minimum absolute atomic E-state index is 0.235. The van der Waals surface area contributed by atoms with Crippen LogP contribution in [0.15, 0.2) is 0 Å². The SMILES string of the molecule is Cc1nnc(NC(C)c2sc(C)nc2C)s1. The second-order valence-corrected chi connectivity index (χ2v) is 6.09. The zero-order valence-electron chi connectivity index (χ0n) is 9.74. The zero-order chi connectivity index (χ0) is 11.7. The Morgan fingerprint density at radius 2 is 1.81 bits per heavy atom. The molecule has 2 aromatic rings. The molecule has 0 aliphatic rings. The molecule has 0 amide bonds.